The third kappa shape index (κ3) is 11.1. The molecule has 0 aliphatic rings. The summed E-state index contributed by atoms with van der Waals surface area (Å²) < 4.78 is 9.65. The molecule has 2 N–H and O–H groups in total. The van der Waals surface area contributed by atoms with Crippen molar-refractivity contribution >= 4 is 23.8 Å². The van der Waals surface area contributed by atoms with E-state index in [2.05, 4.69) is 15.4 Å². The molecule has 0 heterocycles. The van der Waals surface area contributed by atoms with Crippen molar-refractivity contribution in [2.75, 3.05) is 25.6 Å². The Morgan fingerprint density at radius 1 is 1.12 bits per heavy atom. The number of rotatable bonds is 5. The molecule has 6 nitrogen and oxygen atoms in total. The van der Waals surface area contributed by atoms with Crippen LogP contribution in [-0.2, 0) is 9.47 Å². The molecule has 7 heteroatoms. The molecule has 0 unspecified atom stereocenters. The highest BCUT2D eigenvalue weighted by molar-refractivity contribution is 6.18. The van der Waals surface area contributed by atoms with Crippen molar-refractivity contribution < 1.29 is 19.1 Å². The molecule has 0 aliphatic carbocycles. The maximum absolute atomic E-state index is 11.2. The number of carbonyl (C=O) groups is 2. The van der Waals surface area contributed by atoms with Crippen LogP contribution in [0.4, 0.5) is 9.59 Å². The predicted octanol–water partition coefficient (Wildman–Crippen LogP) is 1.48. The molecule has 0 spiro atoms. The van der Waals surface area contributed by atoms with Crippen molar-refractivity contribution in [3.05, 3.63) is 0 Å². The largest absolute Gasteiger partial charge is 0.448 e. The van der Waals surface area contributed by atoms with Gasteiger partial charge in [0.25, 0.3) is 0 Å². The molecule has 0 aromatic rings. The van der Waals surface area contributed by atoms with Gasteiger partial charge in [-0.2, -0.15) is 0 Å². The summed E-state index contributed by atoms with van der Waals surface area (Å²) in [6.45, 7) is 6.01. The van der Waals surface area contributed by atoms with Crippen LogP contribution in [0.2, 0.25) is 0 Å². The zero-order chi connectivity index (χ0) is 13.3. The van der Waals surface area contributed by atoms with Gasteiger partial charge in [0, 0.05) is 13.1 Å². The fraction of sp³-hybridized carbons (Fsp3) is 0.800. The summed E-state index contributed by atoms with van der Waals surface area (Å²) in [6, 6.07) is 0. The molecule has 0 radical (unpaired) electrons. The predicted molar refractivity (Wildman–Crippen MR) is 64.3 cm³/mol. The van der Waals surface area contributed by atoms with Gasteiger partial charge in [0.05, 0.1) is 5.88 Å². The highest BCUT2D eigenvalue weighted by Gasteiger charge is 2.15. The zero-order valence-electron chi connectivity index (χ0n) is 10.3. The fourth-order valence-electron chi connectivity index (χ4n) is 0.826. The molecule has 0 aliphatic heterocycles. The quantitative estimate of drug-likeness (QED) is 0.584. The lowest BCUT2D eigenvalue weighted by atomic mass is 10.2. The van der Waals surface area contributed by atoms with Crippen molar-refractivity contribution in [3.8, 4) is 0 Å². The minimum Gasteiger partial charge on any atom is -0.448 e. The molecular formula is C10H19ClN2O4. The Kier molecular flexibility index (Phi) is 7.45. The molecule has 0 aromatic heterocycles. The Hall–Kier alpha value is -1.17. The van der Waals surface area contributed by atoms with Crippen LogP contribution in [0, 0.1) is 0 Å². The lowest BCUT2D eigenvalue weighted by Gasteiger charge is -2.19. The Bertz CT molecular complexity index is 253. The molecule has 0 atom stereocenters. The van der Waals surface area contributed by atoms with E-state index in [0.717, 1.165) is 0 Å². The van der Waals surface area contributed by atoms with E-state index >= 15 is 0 Å². The molecular weight excluding hydrogens is 248 g/mol. The standard InChI is InChI=1S/C10H19ClN2O4/c1-10(2,3)17-9(15)13-6-5-12-8(14)16-7-4-11/h4-7H2,1-3H3,(H,12,14)(H,13,15). The number of amides is 2. The SMILES string of the molecule is CC(C)(C)OC(=O)NCCNC(=O)OCCCl. The zero-order valence-corrected chi connectivity index (χ0v) is 11.1. The fourth-order valence-corrected chi connectivity index (χ4v) is 0.903. The molecule has 0 saturated carbocycles. The van der Waals surface area contributed by atoms with Crippen LogP contribution in [0.15, 0.2) is 0 Å². The first kappa shape index (κ1) is 15.8. The minimum absolute atomic E-state index is 0.160. The van der Waals surface area contributed by atoms with Crippen molar-refractivity contribution in [1.29, 1.82) is 0 Å². The number of alkyl carbamates (subject to hydrolysis) is 2. The molecule has 0 fully saturated rings. The van der Waals surface area contributed by atoms with Gasteiger partial charge in [0.1, 0.15) is 12.2 Å². The molecule has 100 valence electrons. The lowest BCUT2D eigenvalue weighted by Crippen LogP contribution is -2.38. The Morgan fingerprint density at radius 2 is 1.65 bits per heavy atom. The maximum Gasteiger partial charge on any atom is 0.407 e. The van der Waals surface area contributed by atoms with Gasteiger partial charge in [-0.25, -0.2) is 9.59 Å². The molecule has 0 aromatic carbocycles. The van der Waals surface area contributed by atoms with Crippen LogP contribution in [0.5, 0.6) is 0 Å². The number of ether oxygens (including phenoxy) is 2. The summed E-state index contributed by atoms with van der Waals surface area (Å²) in [6.07, 6.45) is -1.08. The molecule has 2 amide bonds. The second-order valence-electron chi connectivity index (χ2n) is 4.18. The summed E-state index contributed by atoms with van der Waals surface area (Å²) in [7, 11) is 0. The van der Waals surface area contributed by atoms with Gasteiger partial charge in [0.15, 0.2) is 0 Å². The number of halogens is 1. The van der Waals surface area contributed by atoms with E-state index in [-0.39, 0.29) is 25.6 Å². The van der Waals surface area contributed by atoms with Gasteiger partial charge in [-0.05, 0) is 20.8 Å². The second-order valence-corrected chi connectivity index (χ2v) is 4.56. The van der Waals surface area contributed by atoms with Crippen LogP contribution >= 0.6 is 11.6 Å². The Labute approximate surface area is 106 Å². The first-order valence-electron chi connectivity index (χ1n) is 5.28. The Balaban J connectivity index is 3.51. The molecule has 0 saturated heterocycles. The minimum atomic E-state index is -0.559. The summed E-state index contributed by atoms with van der Waals surface area (Å²) in [5.74, 6) is 0.254. The summed E-state index contributed by atoms with van der Waals surface area (Å²) in [5, 5.41) is 4.94. The summed E-state index contributed by atoms with van der Waals surface area (Å²) in [4.78, 5) is 22.1. The number of carbonyl (C=O) groups excluding carboxylic acids is 2. The van der Waals surface area contributed by atoms with E-state index < -0.39 is 17.8 Å². The monoisotopic (exact) mass is 266 g/mol. The van der Waals surface area contributed by atoms with Crippen LogP contribution < -0.4 is 10.6 Å². The van der Waals surface area contributed by atoms with E-state index in [0.29, 0.717) is 0 Å². The van der Waals surface area contributed by atoms with Crippen molar-refractivity contribution in [1.82, 2.24) is 10.6 Å². The van der Waals surface area contributed by atoms with Crippen LogP contribution in [0.1, 0.15) is 20.8 Å². The van der Waals surface area contributed by atoms with E-state index in [1.54, 1.807) is 20.8 Å². The van der Waals surface area contributed by atoms with Crippen LogP contribution in [0.25, 0.3) is 0 Å². The molecule has 0 rings (SSSR count). The van der Waals surface area contributed by atoms with Gasteiger partial charge in [-0.3, -0.25) is 0 Å². The number of hydrogen-bond acceptors (Lipinski definition) is 4. The first-order valence-corrected chi connectivity index (χ1v) is 5.82. The number of hydrogen-bond donors (Lipinski definition) is 2. The number of alkyl halides is 1. The normalized spacial score (nSPS) is 10.6. The van der Waals surface area contributed by atoms with Gasteiger partial charge >= 0.3 is 12.2 Å². The molecule has 0 bridgehead atoms. The second kappa shape index (κ2) is 8.00. The van der Waals surface area contributed by atoms with Crippen molar-refractivity contribution in [2.24, 2.45) is 0 Å². The molecule has 17 heavy (non-hydrogen) atoms. The highest BCUT2D eigenvalue weighted by Crippen LogP contribution is 2.05. The summed E-state index contributed by atoms with van der Waals surface area (Å²) in [5.41, 5.74) is -0.531. The van der Waals surface area contributed by atoms with Crippen molar-refractivity contribution in [2.45, 2.75) is 26.4 Å². The third-order valence-corrected chi connectivity index (χ3v) is 1.53. The topological polar surface area (TPSA) is 76.7 Å². The van der Waals surface area contributed by atoms with E-state index in [4.69, 9.17) is 16.3 Å². The maximum atomic E-state index is 11.2. The Morgan fingerprint density at radius 3 is 2.12 bits per heavy atom. The van der Waals surface area contributed by atoms with Gasteiger partial charge < -0.3 is 20.1 Å². The average molecular weight is 267 g/mol. The van der Waals surface area contributed by atoms with Gasteiger partial charge in [-0.1, -0.05) is 0 Å². The smallest absolute Gasteiger partial charge is 0.407 e. The van der Waals surface area contributed by atoms with E-state index in [9.17, 15) is 9.59 Å². The average Bonchev–Trinajstić information content (AvgIpc) is 2.19. The van der Waals surface area contributed by atoms with Gasteiger partial charge in [0.2, 0.25) is 0 Å². The lowest BCUT2D eigenvalue weighted by molar-refractivity contribution is 0.0527. The number of nitrogens with one attached hydrogen (secondary N) is 2. The van der Waals surface area contributed by atoms with E-state index in [1.807, 2.05) is 0 Å². The first-order chi connectivity index (χ1) is 7.85. The van der Waals surface area contributed by atoms with Gasteiger partial charge in [-0.15, -0.1) is 11.6 Å². The van der Waals surface area contributed by atoms with Crippen LogP contribution in [0.3, 0.4) is 0 Å². The summed E-state index contributed by atoms with van der Waals surface area (Å²) >= 11 is 5.33. The van der Waals surface area contributed by atoms with Crippen molar-refractivity contribution in [3.63, 3.8) is 0 Å². The van der Waals surface area contributed by atoms with E-state index in [1.165, 1.54) is 0 Å². The van der Waals surface area contributed by atoms with Crippen LogP contribution in [-0.4, -0.2) is 43.4 Å². The highest BCUT2D eigenvalue weighted by atomic mass is 35.5. The third-order valence-electron chi connectivity index (χ3n) is 1.37.